The Balaban J connectivity index is 2.24. The molecule has 0 N–H and O–H groups in total. The van der Waals surface area contributed by atoms with Crippen molar-refractivity contribution in [3.8, 4) is 0 Å². The van der Waals surface area contributed by atoms with E-state index < -0.39 is 0 Å². The molecular weight excluding hydrogens is 347 g/mol. The molecule has 1 aliphatic carbocycles. The normalized spacial score (nSPS) is 24.9. The average molecular weight is 365 g/mol. The molecular formula is C13H18ClIN2. The monoisotopic (exact) mass is 364 g/mol. The summed E-state index contributed by atoms with van der Waals surface area (Å²) in [5.74, 6) is 2.35. The summed E-state index contributed by atoms with van der Waals surface area (Å²) in [5, 5.41) is 0.631. The van der Waals surface area contributed by atoms with Gasteiger partial charge in [-0.25, -0.2) is 9.97 Å². The van der Waals surface area contributed by atoms with Crippen molar-refractivity contribution in [3.05, 3.63) is 20.2 Å². The van der Waals surface area contributed by atoms with Crippen LogP contribution in [0.25, 0.3) is 0 Å². The number of halogens is 2. The van der Waals surface area contributed by atoms with Crippen LogP contribution in [0.2, 0.25) is 5.15 Å². The molecule has 0 spiro atoms. The molecule has 0 bridgehead atoms. The molecule has 0 atom stereocenters. The van der Waals surface area contributed by atoms with Crippen LogP contribution in [0.15, 0.2) is 0 Å². The van der Waals surface area contributed by atoms with E-state index in [9.17, 15) is 0 Å². The Morgan fingerprint density at radius 3 is 2.47 bits per heavy atom. The summed E-state index contributed by atoms with van der Waals surface area (Å²) in [5.41, 5.74) is 1.10. The predicted octanol–water partition coefficient (Wildman–Crippen LogP) is 4.59. The van der Waals surface area contributed by atoms with Crippen LogP contribution in [-0.2, 0) is 6.42 Å². The minimum absolute atomic E-state index is 0.519. The van der Waals surface area contributed by atoms with Crippen LogP contribution in [0.5, 0.6) is 0 Å². The summed E-state index contributed by atoms with van der Waals surface area (Å²) >= 11 is 8.43. The van der Waals surface area contributed by atoms with Crippen molar-refractivity contribution in [1.82, 2.24) is 9.97 Å². The fourth-order valence-electron chi connectivity index (χ4n) is 2.42. The lowest BCUT2D eigenvalue weighted by Crippen LogP contribution is -2.15. The number of hydrogen-bond acceptors (Lipinski definition) is 2. The van der Waals surface area contributed by atoms with Gasteiger partial charge >= 0.3 is 0 Å². The van der Waals surface area contributed by atoms with Gasteiger partial charge in [0.15, 0.2) is 0 Å². The summed E-state index contributed by atoms with van der Waals surface area (Å²) < 4.78 is 1.01. The highest BCUT2D eigenvalue weighted by Gasteiger charge is 2.23. The van der Waals surface area contributed by atoms with Crippen molar-refractivity contribution >= 4 is 34.2 Å². The first kappa shape index (κ1) is 13.5. The zero-order valence-corrected chi connectivity index (χ0v) is 13.3. The lowest BCUT2D eigenvalue weighted by molar-refractivity contribution is 0.339. The molecule has 17 heavy (non-hydrogen) atoms. The molecule has 4 heteroatoms. The van der Waals surface area contributed by atoms with Gasteiger partial charge in [-0.3, -0.25) is 0 Å². The third kappa shape index (κ3) is 3.11. The topological polar surface area (TPSA) is 25.8 Å². The molecule has 1 saturated carbocycles. The Kier molecular flexibility index (Phi) is 4.64. The summed E-state index contributed by atoms with van der Waals surface area (Å²) in [6.07, 6.45) is 5.93. The number of aryl methyl sites for hydroxylation is 1. The third-order valence-electron chi connectivity index (χ3n) is 3.61. The number of nitrogens with zero attached hydrogens (tertiary/aromatic N) is 2. The maximum atomic E-state index is 6.19. The maximum absolute atomic E-state index is 6.19. The quantitative estimate of drug-likeness (QED) is 0.566. The molecule has 1 aromatic heterocycles. The second-order valence-corrected chi connectivity index (χ2v) is 6.38. The first-order chi connectivity index (χ1) is 8.11. The van der Waals surface area contributed by atoms with Crippen molar-refractivity contribution in [3.63, 3.8) is 0 Å². The van der Waals surface area contributed by atoms with E-state index >= 15 is 0 Å². The van der Waals surface area contributed by atoms with E-state index in [1.807, 2.05) is 0 Å². The molecule has 1 fully saturated rings. The van der Waals surface area contributed by atoms with E-state index in [0.717, 1.165) is 27.4 Å². The maximum Gasteiger partial charge on any atom is 0.146 e. The van der Waals surface area contributed by atoms with Crippen LogP contribution in [0.3, 0.4) is 0 Å². The molecule has 94 valence electrons. The van der Waals surface area contributed by atoms with Crippen LogP contribution >= 0.6 is 34.2 Å². The van der Waals surface area contributed by atoms with E-state index in [1.54, 1.807) is 0 Å². The van der Waals surface area contributed by atoms with Crippen LogP contribution in [-0.4, -0.2) is 9.97 Å². The molecule has 0 aromatic carbocycles. The Hall–Kier alpha value is 0.100. The zero-order valence-electron chi connectivity index (χ0n) is 10.3. The lowest BCUT2D eigenvalue weighted by Gasteiger charge is -2.25. The molecule has 0 radical (unpaired) electrons. The van der Waals surface area contributed by atoms with Gasteiger partial charge in [-0.15, -0.1) is 0 Å². The molecule has 0 aliphatic heterocycles. The predicted molar refractivity (Wildman–Crippen MR) is 79.5 cm³/mol. The van der Waals surface area contributed by atoms with E-state index in [4.69, 9.17) is 16.6 Å². The van der Waals surface area contributed by atoms with Crippen molar-refractivity contribution in [2.75, 3.05) is 0 Å². The fourth-order valence-corrected chi connectivity index (χ4v) is 3.23. The van der Waals surface area contributed by atoms with E-state index in [1.165, 1.54) is 25.7 Å². The molecule has 0 amide bonds. The van der Waals surface area contributed by atoms with Crippen LogP contribution in [0, 0.1) is 9.49 Å². The van der Waals surface area contributed by atoms with Crippen molar-refractivity contribution in [1.29, 1.82) is 0 Å². The van der Waals surface area contributed by atoms with E-state index in [2.05, 4.69) is 41.4 Å². The largest absolute Gasteiger partial charge is 0.236 e. The van der Waals surface area contributed by atoms with Crippen LogP contribution in [0.1, 0.15) is 57.0 Å². The van der Waals surface area contributed by atoms with Crippen LogP contribution < -0.4 is 0 Å². The van der Waals surface area contributed by atoms with Crippen molar-refractivity contribution in [2.24, 2.45) is 5.92 Å². The second-order valence-electron chi connectivity index (χ2n) is 4.94. The Morgan fingerprint density at radius 2 is 1.88 bits per heavy atom. The van der Waals surface area contributed by atoms with Crippen LogP contribution in [0.4, 0.5) is 0 Å². The van der Waals surface area contributed by atoms with Gasteiger partial charge in [0.1, 0.15) is 11.0 Å². The molecule has 2 rings (SSSR count). The molecule has 2 nitrogen and oxygen atoms in total. The molecule has 0 unspecified atom stereocenters. The highest BCUT2D eigenvalue weighted by Crippen LogP contribution is 2.35. The van der Waals surface area contributed by atoms with Gasteiger partial charge in [0, 0.05) is 5.92 Å². The molecule has 1 heterocycles. The minimum atomic E-state index is 0.519. The second kappa shape index (κ2) is 5.83. The molecule has 0 saturated heterocycles. The standard InChI is InChI=1S/C13H18ClIN2/c1-3-10-11(15)12(14)17-13(16-10)9-6-4-8(2)5-7-9/h8-9H,3-7H2,1-2H3. The number of rotatable bonds is 2. The average Bonchev–Trinajstić information content (AvgIpc) is 2.33. The highest BCUT2D eigenvalue weighted by atomic mass is 127. The third-order valence-corrected chi connectivity index (χ3v) is 5.34. The summed E-state index contributed by atoms with van der Waals surface area (Å²) in [6, 6.07) is 0. The van der Waals surface area contributed by atoms with Crippen molar-refractivity contribution < 1.29 is 0 Å². The molecule has 1 aliphatic rings. The van der Waals surface area contributed by atoms with Crippen molar-refractivity contribution in [2.45, 2.75) is 51.9 Å². The van der Waals surface area contributed by atoms with Gasteiger partial charge in [-0.1, -0.05) is 38.3 Å². The Bertz CT molecular complexity index is 401. The SMILES string of the molecule is CCc1nc(C2CCC(C)CC2)nc(Cl)c1I. The number of hydrogen-bond donors (Lipinski definition) is 0. The summed E-state index contributed by atoms with van der Waals surface area (Å²) in [4.78, 5) is 9.17. The highest BCUT2D eigenvalue weighted by molar-refractivity contribution is 14.1. The number of aromatic nitrogens is 2. The minimum Gasteiger partial charge on any atom is -0.236 e. The first-order valence-electron chi connectivity index (χ1n) is 6.33. The molecule has 1 aromatic rings. The van der Waals surface area contributed by atoms with E-state index in [0.29, 0.717) is 11.1 Å². The zero-order chi connectivity index (χ0) is 12.4. The van der Waals surface area contributed by atoms with Gasteiger partial charge in [-0.05, 0) is 47.8 Å². The van der Waals surface area contributed by atoms with Gasteiger partial charge < -0.3 is 0 Å². The van der Waals surface area contributed by atoms with E-state index in [-0.39, 0.29) is 0 Å². The van der Waals surface area contributed by atoms with Gasteiger partial charge in [-0.2, -0.15) is 0 Å². The smallest absolute Gasteiger partial charge is 0.146 e. The Morgan fingerprint density at radius 1 is 1.24 bits per heavy atom. The Labute approximate surface area is 122 Å². The summed E-state index contributed by atoms with van der Waals surface area (Å²) in [7, 11) is 0. The lowest BCUT2D eigenvalue weighted by atomic mass is 9.82. The summed E-state index contributed by atoms with van der Waals surface area (Å²) in [6.45, 7) is 4.45. The van der Waals surface area contributed by atoms with Gasteiger partial charge in [0.25, 0.3) is 0 Å². The first-order valence-corrected chi connectivity index (χ1v) is 7.79. The van der Waals surface area contributed by atoms with Gasteiger partial charge in [0.2, 0.25) is 0 Å². The van der Waals surface area contributed by atoms with Gasteiger partial charge in [0.05, 0.1) is 9.26 Å². The fraction of sp³-hybridized carbons (Fsp3) is 0.692.